The molecule has 2 aliphatic rings. The van der Waals surface area contributed by atoms with Crippen LogP contribution >= 0.6 is 0 Å². The predicted molar refractivity (Wildman–Crippen MR) is 61.9 cm³/mol. The Morgan fingerprint density at radius 1 is 1.25 bits per heavy atom. The van der Waals surface area contributed by atoms with Crippen molar-refractivity contribution in [3.63, 3.8) is 0 Å². The van der Waals surface area contributed by atoms with Gasteiger partial charge in [-0.3, -0.25) is 4.79 Å². The summed E-state index contributed by atoms with van der Waals surface area (Å²) < 4.78 is 0. The number of nitrogens with one attached hydrogen (secondary N) is 1. The lowest BCUT2D eigenvalue weighted by atomic mass is 9.99. The molecule has 0 radical (unpaired) electrons. The Balaban J connectivity index is 1.97. The van der Waals surface area contributed by atoms with Gasteiger partial charge in [-0.25, -0.2) is 10.4 Å². The van der Waals surface area contributed by atoms with Crippen LogP contribution in [0.1, 0.15) is 46.0 Å². The third-order valence-electron chi connectivity index (χ3n) is 3.84. The first-order valence-electron chi connectivity index (χ1n) is 6.37. The second-order valence-corrected chi connectivity index (χ2v) is 5.32. The molecule has 1 heterocycles. The molecule has 2 rings (SSSR count). The molecule has 1 aliphatic heterocycles. The molecule has 4 heteroatoms. The minimum atomic E-state index is -0.701. The molecule has 2 N–H and O–H groups in total. The zero-order chi connectivity index (χ0) is 11.7. The Morgan fingerprint density at radius 3 is 2.25 bits per heavy atom. The van der Waals surface area contributed by atoms with Gasteiger partial charge in [-0.05, 0) is 45.4 Å². The highest BCUT2D eigenvalue weighted by atomic mass is 16.4. The summed E-state index contributed by atoms with van der Waals surface area (Å²) in [5, 5.41) is 11.4. The molecule has 0 aromatic rings. The normalized spacial score (nSPS) is 33.6. The van der Waals surface area contributed by atoms with Crippen molar-refractivity contribution in [2.75, 3.05) is 0 Å². The van der Waals surface area contributed by atoms with Crippen LogP contribution in [0.4, 0.5) is 0 Å². The highest BCUT2D eigenvalue weighted by Crippen LogP contribution is 2.33. The Morgan fingerprint density at radius 2 is 1.81 bits per heavy atom. The summed E-state index contributed by atoms with van der Waals surface area (Å²) >= 11 is 0. The van der Waals surface area contributed by atoms with Gasteiger partial charge in [-0.1, -0.05) is 6.42 Å². The van der Waals surface area contributed by atoms with Crippen LogP contribution in [0.25, 0.3) is 0 Å². The van der Waals surface area contributed by atoms with Crippen molar-refractivity contribution < 1.29 is 9.90 Å². The predicted octanol–water partition coefficient (Wildman–Crippen LogP) is 1.62. The van der Waals surface area contributed by atoms with Crippen LogP contribution in [0.15, 0.2) is 0 Å². The molecule has 92 valence electrons. The number of nitrogens with zero attached hydrogens (tertiary/aromatic N) is 1. The quantitative estimate of drug-likeness (QED) is 0.765. The number of hydrazine groups is 1. The topological polar surface area (TPSA) is 52.6 Å². The number of carboxylic acids is 1. The van der Waals surface area contributed by atoms with Gasteiger partial charge < -0.3 is 5.11 Å². The van der Waals surface area contributed by atoms with E-state index in [4.69, 9.17) is 0 Å². The molecule has 4 nitrogen and oxygen atoms in total. The maximum Gasteiger partial charge on any atom is 0.322 e. The lowest BCUT2D eigenvalue weighted by molar-refractivity contribution is -0.143. The van der Waals surface area contributed by atoms with E-state index in [0.29, 0.717) is 18.0 Å². The Bertz CT molecular complexity index is 256. The van der Waals surface area contributed by atoms with Crippen molar-refractivity contribution >= 4 is 5.97 Å². The highest BCUT2D eigenvalue weighted by Gasteiger charge is 2.39. The molecular formula is C12H22N2O2. The smallest absolute Gasteiger partial charge is 0.322 e. The van der Waals surface area contributed by atoms with Gasteiger partial charge in [-0.15, -0.1) is 0 Å². The van der Waals surface area contributed by atoms with Gasteiger partial charge in [0.15, 0.2) is 0 Å². The van der Waals surface area contributed by atoms with Crippen LogP contribution < -0.4 is 5.43 Å². The molecule has 0 aromatic carbocycles. The molecule has 1 saturated carbocycles. The van der Waals surface area contributed by atoms with Crippen molar-refractivity contribution in [2.45, 2.75) is 64.1 Å². The van der Waals surface area contributed by atoms with Crippen LogP contribution in [-0.2, 0) is 4.79 Å². The highest BCUT2D eigenvalue weighted by molar-refractivity contribution is 5.74. The number of aliphatic carboxylic acids is 1. The van der Waals surface area contributed by atoms with Crippen molar-refractivity contribution in [3.8, 4) is 0 Å². The average molecular weight is 226 g/mol. The maximum absolute atomic E-state index is 11.2. The van der Waals surface area contributed by atoms with Crippen molar-refractivity contribution in [1.82, 2.24) is 10.4 Å². The van der Waals surface area contributed by atoms with Gasteiger partial charge >= 0.3 is 5.97 Å². The van der Waals surface area contributed by atoms with E-state index >= 15 is 0 Å². The molecule has 16 heavy (non-hydrogen) atoms. The van der Waals surface area contributed by atoms with Gasteiger partial charge in [0.1, 0.15) is 6.04 Å². The molecule has 0 bridgehead atoms. The van der Waals surface area contributed by atoms with Gasteiger partial charge in [-0.2, -0.15) is 0 Å². The van der Waals surface area contributed by atoms with E-state index < -0.39 is 5.97 Å². The Hall–Kier alpha value is -0.610. The van der Waals surface area contributed by atoms with Gasteiger partial charge in [0.2, 0.25) is 0 Å². The van der Waals surface area contributed by atoms with Crippen LogP contribution in [0.2, 0.25) is 0 Å². The molecule has 1 saturated heterocycles. The van der Waals surface area contributed by atoms with E-state index in [9.17, 15) is 9.90 Å². The molecule has 3 atom stereocenters. The van der Waals surface area contributed by atoms with E-state index in [1.54, 1.807) is 0 Å². The third-order valence-corrected chi connectivity index (χ3v) is 3.84. The van der Waals surface area contributed by atoms with Gasteiger partial charge in [0.05, 0.1) is 0 Å². The SMILES string of the molecule is CC1CCCC(C)N1NC(C(=O)O)C1CC1. The number of rotatable bonds is 4. The molecule has 1 aliphatic carbocycles. The summed E-state index contributed by atoms with van der Waals surface area (Å²) in [7, 11) is 0. The lowest BCUT2D eigenvalue weighted by Gasteiger charge is -2.40. The summed E-state index contributed by atoms with van der Waals surface area (Å²) in [4.78, 5) is 11.2. The van der Waals surface area contributed by atoms with E-state index in [1.807, 2.05) is 0 Å². The van der Waals surface area contributed by atoms with Crippen molar-refractivity contribution in [2.24, 2.45) is 5.92 Å². The summed E-state index contributed by atoms with van der Waals surface area (Å²) in [5.74, 6) is -0.355. The maximum atomic E-state index is 11.2. The first-order chi connectivity index (χ1) is 7.59. The van der Waals surface area contributed by atoms with Crippen molar-refractivity contribution in [1.29, 1.82) is 0 Å². The zero-order valence-corrected chi connectivity index (χ0v) is 10.1. The average Bonchev–Trinajstić information content (AvgIpc) is 3.00. The van der Waals surface area contributed by atoms with E-state index in [-0.39, 0.29) is 6.04 Å². The summed E-state index contributed by atoms with van der Waals surface area (Å²) in [5.41, 5.74) is 3.25. The monoisotopic (exact) mass is 226 g/mol. The number of piperidine rings is 1. The number of hydrogen-bond donors (Lipinski definition) is 2. The van der Waals surface area contributed by atoms with Gasteiger partial charge in [0, 0.05) is 12.1 Å². The standard InChI is InChI=1S/C12H22N2O2/c1-8-4-3-5-9(2)14(8)13-11(12(15)16)10-6-7-10/h8-11,13H,3-7H2,1-2H3,(H,15,16). The summed E-state index contributed by atoms with van der Waals surface area (Å²) in [6, 6.07) is 0.525. The fourth-order valence-electron chi connectivity index (χ4n) is 2.63. The van der Waals surface area contributed by atoms with E-state index in [2.05, 4.69) is 24.3 Å². The number of carboxylic acid groups (broad SMARTS) is 1. The van der Waals surface area contributed by atoms with Crippen LogP contribution in [0, 0.1) is 5.92 Å². The van der Waals surface area contributed by atoms with Crippen LogP contribution in [0.5, 0.6) is 0 Å². The largest absolute Gasteiger partial charge is 0.480 e. The second-order valence-electron chi connectivity index (χ2n) is 5.32. The fraction of sp³-hybridized carbons (Fsp3) is 0.917. The minimum Gasteiger partial charge on any atom is -0.480 e. The molecule has 3 unspecified atom stereocenters. The van der Waals surface area contributed by atoms with E-state index in [1.165, 1.54) is 6.42 Å². The van der Waals surface area contributed by atoms with Crippen LogP contribution in [-0.4, -0.2) is 34.2 Å². The number of hydrogen-bond acceptors (Lipinski definition) is 3. The molecular weight excluding hydrogens is 204 g/mol. The minimum absolute atomic E-state index is 0.346. The summed E-state index contributed by atoms with van der Waals surface area (Å²) in [6.07, 6.45) is 5.69. The van der Waals surface area contributed by atoms with Gasteiger partial charge in [0.25, 0.3) is 0 Å². The second kappa shape index (κ2) is 4.72. The first-order valence-corrected chi connectivity index (χ1v) is 6.37. The molecule has 0 aromatic heterocycles. The molecule has 0 amide bonds. The van der Waals surface area contributed by atoms with E-state index in [0.717, 1.165) is 25.7 Å². The lowest BCUT2D eigenvalue weighted by Crippen LogP contribution is -2.57. The Labute approximate surface area is 97.0 Å². The molecule has 2 fully saturated rings. The zero-order valence-electron chi connectivity index (χ0n) is 10.1. The first kappa shape index (κ1) is 11.9. The summed E-state index contributed by atoms with van der Waals surface area (Å²) in [6.45, 7) is 4.35. The Kier molecular flexibility index (Phi) is 3.50. The van der Waals surface area contributed by atoms with Crippen LogP contribution in [0.3, 0.4) is 0 Å². The fourth-order valence-corrected chi connectivity index (χ4v) is 2.63. The van der Waals surface area contributed by atoms with Crippen molar-refractivity contribution in [3.05, 3.63) is 0 Å². The third kappa shape index (κ3) is 2.55. The number of carbonyl (C=O) groups is 1. The molecule has 0 spiro atoms.